The second-order valence-corrected chi connectivity index (χ2v) is 15.2. The average Bonchev–Trinajstić information content (AvgIpc) is 3.83. The zero-order valence-corrected chi connectivity index (χ0v) is 28.4. The molecule has 3 fully saturated rings. The molecule has 51 heavy (non-hydrogen) atoms. The quantitative estimate of drug-likeness (QED) is 0.153. The molecule has 9 nitrogen and oxygen atoms in total. The molecule has 1 saturated heterocycles. The second kappa shape index (κ2) is 12.5. The van der Waals surface area contributed by atoms with Crippen molar-refractivity contribution < 1.29 is 41.4 Å². The van der Waals surface area contributed by atoms with E-state index >= 15 is 0 Å². The van der Waals surface area contributed by atoms with Crippen molar-refractivity contribution in [3.63, 3.8) is 0 Å². The summed E-state index contributed by atoms with van der Waals surface area (Å²) < 4.78 is 67.1. The Bertz CT molecular complexity index is 2120. The fourth-order valence-electron chi connectivity index (χ4n) is 8.52. The van der Waals surface area contributed by atoms with Crippen LogP contribution in [0.15, 0.2) is 76.6 Å². The van der Waals surface area contributed by atoms with E-state index in [1.54, 1.807) is 19.1 Å². The molecule has 6 unspecified atom stereocenters. The molecule has 4 aromatic rings. The maximum atomic E-state index is 14.1. The molecule has 264 valence electrons. The van der Waals surface area contributed by atoms with Gasteiger partial charge in [0.25, 0.3) is 5.91 Å². The van der Waals surface area contributed by atoms with Crippen LogP contribution in [-0.4, -0.2) is 41.2 Å². The second-order valence-electron chi connectivity index (χ2n) is 13.0. The number of rotatable bonds is 8. The Hall–Kier alpha value is -4.63. The summed E-state index contributed by atoms with van der Waals surface area (Å²) in [6.45, 7) is 1.71. The smallest absolute Gasteiger partial charge is 0.418 e. The highest BCUT2D eigenvalue weighted by Gasteiger charge is 2.70. The van der Waals surface area contributed by atoms with Crippen molar-refractivity contribution in [1.29, 1.82) is 0 Å². The average molecular weight is 740 g/mol. The van der Waals surface area contributed by atoms with Gasteiger partial charge in [0.05, 0.1) is 34.7 Å². The third-order valence-corrected chi connectivity index (χ3v) is 12.9. The third-order valence-electron chi connectivity index (χ3n) is 10.3. The van der Waals surface area contributed by atoms with Crippen LogP contribution in [0, 0.1) is 35.4 Å². The predicted octanol–water partition coefficient (Wildman–Crippen LogP) is 6.69. The Labute approximate surface area is 296 Å². The molecule has 2 aliphatic carbocycles. The highest BCUT2D eigenvalue weighted by Crippen LogP contribution is 2.69. The first-order chi connectivity index (χ1) is 24.4. The Balaban J connectivity index is 1.11. The third kappa shape index (κ3) is 5.61. The Kier molecular flexibility index (Phi) is 8.24. The number of hydrogen-bond acceptors (Lipinski definition) is 8. The fraction of sp³-hybridized carbons (Fsp3) is 0.333. The van der Waals surface area contributed by atoms with E-state index in [0.717, 1.165) is 32.7 Å². The van der Waals surface area contributed by atoms with E-state index in [9.17, 15) is 36.7 Å². The molecule has 2 bridgehead atoms. The number of aromatic amines is 1. The van der Waals surface area contributed by atoms with Crippen LogP contribution in [0.25, 0.3) is 0 Å². The van der Waals surface area contributed by atoms with Crippen LogP contribution in [0.1, 0.15) is 35.3 Å². The molecule has 0 spiro atoms. The lowest BCUT2D eigenvalue weighted by Gasteiger charge is -2.43. The maximum Gasteiger partial charge on any atom is 0.418 e. The van der Waals surface area contributed by atoms with Crippen LogP contribution in [0.5, 0.6) is 11.5 Å². The largest absolute Gasteiger partial charge is 0.490 e. The number of halogens is 4. The van der Waals surface area contributed by atoms with Gasteiger partial charge in [0.15, 0.2) is 18.1 Å². The van der Waals surface area contributed by atoms with Crippen molar-refractivity contribution in [3.8, 4) is 11.5 Å². The minimum absolute atomic E-state index is 0.185. The summed E-state index contributed by atoms with van der Waals surface area (Å²) in [5, 5.41) is 3.13. The van der Waals surface area contributed by atoms with Gasteiger partial charge in [-0.05, 0) is 85.2 Å². The van der Waals surface area contributed by atoms with Crippen molar-refractivity contribution in [2.45, 2.75) is 35.7 Å². The number of thioether (sulfide) groups is 1. The van der Waals surface area contributed by atoms with E-state index < -0.39 is 52.8 Å². The molecular weight excluding hydrogens is 711 g/mol. The van der Waals surface area contributed by atoms with Gasteiger partial charge < -0.3 is 19.8 Å². The molecule has 3 aromatic carbocycles. The molecule has 2 N–H and O–H groups in total. The molecule has 1 aromatic heterocycles. The van der Waals surface area contributed by atoms with Crippen LogP contribution >= 0.6 is 23.1 Å². The number of H-pyrrole nitrogens is 1. The normalized spacial score (nSPS) is 26.1. The number of ether oxygens (including phenoxy) is 2. The Morgan fingerprint density at radius 1 is 0.961 bits per heavy atom. The number of alkyl halides is 3. The van der Waals surface area contributed by atoms with Crippen LogP contribution in [-0.2, 0) is 20.6 Å². The summed E-state index contributed by atoms with van der Waals surface area (Å²) in [6.07, 6.45) is -4.20. The molecule has 3 amide bonds. The van der Waals surface area contributed by atoms with Gasteiger partial charge in [-0.1, -0.05) is 29.5 Å². The van der Waals surface area contributed by atoms with Gasteiger partial charge >= 0.3 is 11.0 Å². The number of nitrogens with one attached hydrogen (secondary N) is 2. The zero-order chi connectivity index (χ0) is 35.8. The number of carbonyl (C=O) groups excluding carboxylic acids is 3. The van der Waals surface area contributed by atoms with E-state index in [1.165, 1.54) is 54.2 Å². The van der Waals surface area contributed by atoms with Crippen molar-refractivity contribution >= 4 is 52.2 Å². The van der Waals surface area contributed by atoms with E-state index in [2.05, 4.69) is 10.3 Å². The lowest BCUT2D eigenvalue weighted by atomic mass is 9.68. The van der Waals surface area contributed by atoms with E-state index in [1.807, 2.05) is 6.07 Å². The Morgan fingerprint density at radius 3 is 2.41 bits per heavy atom. The lowest BCUT2D eigenvalue weighted by Crippen LogP contribution is -2.42. The van der Waals surface area contributed by atoms with Crippen LogP contribution in [0.3, 0.4) is 0 Å². The summed E-state index contributed by atoms with van der Waals surface area (Å²) in [7, 11) is 0. The van der Waals surface area contributed by atoms with Gasteiger partial charge in [0.1, 0.15) is 5.82 Å². The number of fused-ring (bicyclic) bond motifs is 9. The van der Waals surface area contributed by atoms with Gasteiger partial charge in [0, 0.05) is 21.7 Å². The number of aromatic nitrogens is 1. The first-order valence-corrected chi connectivity index (χ1v) is 18.0. The van der Waals surface area contributed by atoms with Gasteiger partial charge in [-0.2, -0.15) is 13.2 Å². The minimum Gasteiger partial charge on any atom is -0.490 e. The number of hydrogen-bond donors (Lipinski definition) is 2. The van der Waals surface area contributed by atoms with Gasteiger partial charge in [-0.15, -0.1) is 11.8 Å². The summed E-state index contributed by atoms with van der Waals surface area (Å²) in [5.74, 6) is -4.26. The summed E-state index contributed by atoms with van der Waals surface area (Å²) in [4.78, 5) is 57.5. The maximum absolute atomic E-state index is 14.1. The number of para-hydroxylation sites is 1. The number of thiazole rings is 1. The van der Waals surface area contributed by atoms with Crippen LogP contribution in [0.2, 0.25) is 0 Å². The monoisotopic (exact) mass is 739 g/mol. The number of anilines is 2. The highest BCUT2D eigenvalue weighted by atomic mass is 32.2. The van der Waals surface area contributed by atoms with Crippen molar-refractivity contribution in [3.05, 3.63) is 98.2 Å². The van der Waals surface area contributed by atoms with Gasteiger partial charge in [-0.25, -0.2) is 9.29 Å². The fourth-order valence-corrected chi connectivity index (χ4v) is 11.4. The number of imide groups is 1. The SMILES string of the molecule is CCOc1cc([C@H]2c3sc(=O)[nH]c3SC3C4CC(C5C(=O)N(c6ccccc6C(F)(F)F)C(=O)C45)C32)ccc1OCC(=O)Nc1ccc(F)cc1. The number of nitrogens with zero attached hydrogens (tertiary/aromatic N) is 1. The molecule has 2 aliphatic heterocycles. The lowest BCUT2D eigenvalue weighted by molar-refractivity contribution is -0.137. The van der Waals surface area contributed by atoms with Crippen LogP contribution in [0.4, 0.5) is 28.9 Å². The van der Waals surface area contributed by atoms with Crippen molar-refractivity contribution in [2.24, 2.45) is 29.6 Å². The van der Waals surface area contributed by atoms with Gasteiger partial charge in [-0.3, -0.25) is 19.2 Å². The summed E-state index contributed by atoms with van der Waals surface area (Å²) in [5.41, 5.74) is -0.317. The molecular formula is C36H29F4N3O6S2. The van der Waals surface area contributed by atoms with Gasteiger partial charge in [0.2, 0.25) is 11.8 Å². The molecule has 7 atom stereocenters. The van der Waals surface area contributed by atoms with E-state index in [4.69, 9.17) is 9.47 Å². The Morgan fingerprint density at radius 2 is 1.69 bits per heavy atom. The molecule has 4 aliphatic rings. The molecule has 0 radical (unpaired) electrons. The topological polar surface area (TPSA) is 118 Å². The highest BCUT2D eigenvalue weighted by molar-refractivity contribution is 8.00. The number of benzene rings is 3. The van der Waals surface area contributed by atoms with E-state index in [0.29, 0.717) is 28.6 Å². The molecule has 2 saturated carbocycles. The first-order valence-electron chi connectivity index (χ1n) is 16.3. The van der Waals surface area contributed by atoms with Crippen molar-refractivity contribution in [2.75, 3.05) is 23.4 Å². The number of carbonyl (C=O) groups is 3. The van der Waals surface area contributed by atoms with E-state index in [-0.39, 0.29) is 47.0 Å². The summed E-state index contributed by atoms with van der Waals surface area (Å²) in [6, 6.07) is 15.2. The molecule has 3 heterocycles. The first kappa shape index (κ1) is 33.5. The van der Waals surface area contributed by atoms with Crippen molar-refractivity contribution in [1.82, 2.24) is 4.98 Å². The minimum atomic E-state index is -4.76. The number of amides is 3. The predicted molar refractivity (Wildman–Crippen MR) is 181 cm³/mol. The van der Waals surface area contributed by atoms with Crippen LogP contribution < -0.4 is 24.6 Å². The standard InChI is InChI=1S/C36H29F4N3O6S2/c1-2-48-24-13-16(7-12-23(24)49-15-25(44)41-18-10-8-17(37)9-11-18)26-27-19-14-20(30(27)50-32-31(26)51-35(47)42-32)29-28(19)33(45)43(34(29)46)22-6-4-3-5-21(22)36(38,39)40/h3-13,19-20,26-30H,2,14-15H2,1H3,(H,41,44)(H,42,47)/t19?,20?,26-,27?,28?,29?,30?/m1/s1. The molecule has 15 heteroatoms. The zero-order valence-electron chi connectivity index (χ0n) is 26.7. The summed E-state index contributed by atoms with van der Waals surface area (Å²) >= 11 is 2.54. The molecule has 8 rings (SSSR count).